The number of nitrogens with one attached hydrogen (secondary N) is 1. The lowest BCUT2D eigenvalue weighted by Crippen LogP contribution is -2.12. The molecule has 2 heterocycles. The third-order valence-electron chi connectivity index (χ3n) is 3.23. The highest BCUT2D eigenvalue weighted by Gasteiger charge is 2.16. The molecule has 1 N–H and O–H groups in total. The van der Waals surface area contributed by atoms with Gasteiger partial charge in [0.1, 0.15) is 5.82 Å². The monoisotopic (exact) mass is 291 g/mol. The Labute approximate surface area is 109 Å². The minimum Gasteiger partial charge on any atom is -0.316 e. The third-order valence-corrected chi connectivity index (χ3v) is 3.72. The molecule has 0 spiro atoms. The lowest BCUT2D eigenvalue weighted by molar-refractivity contribution is 0.563. The molecule has 1 aromatic carbocycles. The third kappa shape index (κ3) is 2.48. The highest BCUT2D eigenvalue weighted by atomic mass is 79.9. The normalized spacial score (nSPS) is 19.9. The van der Waals surface area contributed by atoms with Crippen molar-refractivity contribution < 1.29 is 0 Å². The van der Waals surface area contributed by atoms with Crippen molar-refractivity contribution in [2.45, 2.75) is 12.8 Å². The molecule has 3 nitrogen and oxygen atoms in total. The van der Waals surface area contributed by atoms with Crippen molar-refractivity contribution in [2.24, 2.45) is 5.92 Å². The molecule has 4 heteroatoms. The fourth-order valence-corrected chi connectivity index (χ4v) is 2.67. The fraction of sp³-hybridized carbons (Fsp3) is 0.385. The first-order chi connectivity index (χ1) is 8.31. The van der Waals surface area contributed by atoms with E-state index < -0.39 is 0 Å². The van der Waals surface area contributed by atoms with E-state index in [1.54, 1.807) is 0 Å². The van der Waals surface area contributed by atoms with Crippen LogP contribution in [0.4, 0.5) is 0 Å². The summed E-state index contributed by atoms with van der Waals surface area (Å²) in [7, 11) is 0. The van der Waals surface area contributed by atoms with E-state index >= 15 is 0 Å². The van der Waals surface area contributed by atoms with Gasteiger partial charge in [-0.15, -0.1) is 0 Å². The van der Waals surface area contributed by atoms with Crippen LogP contribution in [0.1, 0.15) is 12.2 Å². The SMILES string of the molecule is Brc1ccc2nc(CC3CCNC3)ncc2c1. The van der Waals surface area contributed by atoms with Crippen LogP contribution in [0.25, 0.3) is 10.9 Å². The average Bonchev–Trinajstić information content (AvgIpc) is 2.82. The fourth-order valence-electron chi connectivity index (χ4n) is 2.29. The summed E-state index contributed by atoms with van der Waals surface area (Å²) in [6.07, 6.45) is 4.14. The Morgan fingerprint density at radius 1 is 1.41 bits per heavy atom. The Bertz CT molecular complexity index is 535. The summed E-state index contributed by atoms with van der Waals surface area (Å²) in [4.78, 5) is 9.07. The molecular weight excluding hydrogens is 278 g/mol. The molecule has 2 aromatic rings. The quantitative estimate of drug-likeness (QED) is 0.924. The van der Waals surface area contributed by atoms with Crippen LogP contribution in [0.5, 0.6) is 0 Å². The number of nitrogens with zero attached hydrogens (tertiary/aromatic N) is 2. The smallest absolute Gasteiger partial charge is 0.129 e. The molecule has 1 unspecified atom stereocenters. The first-order valence-electron chi connectivity index (χ1n) is 5.93. The molecule has 0 bridgehead atoms. The summed E-state index contributed by atoms with van der Waals surface area (Å²) in [5.74, 6) is 1.66. The zero-order valence-electron chi connectivity index (χ0n) is 9.49. The highest BCUT2D eigenvalue weighted by Crippen LogP contribution is 2.19. The van der Waals surface area contributed by atoms with E-state index in [2.05, 4.69) is 37.3 Å². The van der Waals surface area contributed by atoms with E-state index in [0.717, 1.165) is 40.7 Å². The molecule has 88 valence electrons. The van der Waals surface area contributed by atoms with Crippen LogP contribution in [-0.2, 0) is 6.42 Å². The van der Waals surface area contributed by atoms with Crippen molar-refractivity contribution >= 4 is 26.8 Å². The first kappa shape index (κ1) is 11.1. The summed E-state index contributed by atoms with van der Waals surface area (Å²) >= 11 is 3.46. The van der Waals surface area contributed by atoms with Gasteiger partial charge in [0.2, 0.25) is 0 Å². The van der Waals surface area contributed by atoms with Crippen molar-refractivity contribution in [2.75, 3.05) is 13.1 Å². The lowest BCUT2D eigenvalue weighted by atomic mass is 10.0. The van der Waals surface area contributed by atoms with Crippen LogP contribution >= 0.6 is 15.9 Å². The minimum absolute atomic E-state index is 0.697. The summed E-state index contributed by atoms with van der Waals surface area (Å²) in [6, 6.07) is 6.12. The molecular formula is C13H14BrN3. The Morgan fingerprint density at radius 2 is 2.35 bits per heavy atom. The van der Waals surface area contributed by atoms with Crippen LogP contribution in [0.2, 0.25) is 0 Å². The molecule has 1 aliphatic rings. The van der Waals surface area contributed by atoms with Crippen molar-refractivity contribution in [3.05, 3.63) is 34.7 Å². The molecule has 1 aromatic heterocycles. The van der Waals surface area contributed by atoms with Gasteiger partial charge in [-0.1, -0.05) is 15.9 Å². The number of hydrogen-bond donors (Lipinski definition) is 1. The minimum atomic E-state index is 0.697. The van der Waals surface area contributed by atoms with Crippen LogP contribution in [0, 0.1) is 5.92 Å². The lowest BCUT2D eigenvalue weighted by Gasteiger charge is -2.07. The second-order valence-electron chi connectivity index (χ2n) is 4.55. The summed E-state index contributed by atoms with van der Waals surface area (Å²) in [6.45, 7) is 2.23. The average molecular weight is 292 g/mol. The maximum absolute atomic E-state index is 4.62. The standard InChI is InChI=1S/C13H14BrN3/c14-11-1-2-12-10(6-11)8-16-13(17-12)5-9-3-4-15-7-9/h1-2,6,8-9,15H,3-5,7H2. The number of halogens is 1. The molecule has 1 aliphatic heterocycles. The van der Waals surface area contributed by atoms with Crippen molar-refractivity contribution in [3.63, 3.8) is 0 Å². The predicted molar refractivity (Wildman–Crippen MR) is 71.9 cm³/mol. The van der Waals surface area contributed by atoms with E-state index in [4.69, 9.17) is 0 Å². The van der Waals surface area contributed by atoms with Gasteiger partial charge in [0, 0.05) is 22.5 Å². The molecule has 1 atom stereocenters. The van der Waals surface area contributed by atoms with Crippen LogP contribution in [0.3, 0.4) is 0 Å². The largest absolute Gasteiger partial charge is 0.316 e. The maximum Gasteiger partial charge on any atom is 0.129 e. The summed E-state index contributed by atoms with van der Waals surface area (Å²) < 4.78 is 1.07. The maximum atomic E-state index is 4.62. The molecule has 1 fully saturated rings. The number of fused-ring (bicyclic) bond motifs is 1. The van der Waals surface area contributed by atoms with Crippen molar-refractivity contribution in [3.8, 4) is 0 Å². The summed E-state index contributed by atoms with van der Waals surface area (Å²) in [5.41, 5.74) is 1.03. The highest BCUT2D eigenvalue weighted by molar-refractivity contribution is 9.10. The van der Waals surface area contributed by atoms with Gasteiger partial charge in [-0.3, -0.25) is 0 Å². The zero-order valence-corrected chi connectivity index (χ0v) is 11.1. The topological polar surface area (TPSA) is 37.8 Å². The van der Waals surface area contributed by atoms with Gasteiger partial charge in [-0.2, -0.15) is 0 Å². The Kier molecular flexibility index (Phi) is 3.07. The van der Waals surface area contributed by atoms with Crippen LogP contribution < -0.4 is 5.32 Å². The Morgan fingerprint density at radius 3 is 3.18 bits per heavy atom. The second kappa shape index (κ2) is 4.70. The van der Waals surface area contributed by atoms with E-state index in [0.29, 0.717) is 5.92 Å². The first-order valence-corrected chi connectivity index (χ1v) is 6.72. The van der Waals surface area contributed by atoms with Gasteiger partial charge in [0.15, 0.2) is 0 Å². The zero-order chi connectivity index (χ0) is 11.7. The molecule has 1 saturated heterocycles. The number of aromatic nitrogens is 2. The predicted octanol–water partition coefficient (Wildman–Crippen LogP) is 2.54. The second-order valence-corrected chi connectivity index (χ2v) is 5.47. The molecule has 0 saturated carbocycles. The van der Waals surface area contributed by atoms with Gasteiger partial charge in [0.05, 0.1) is 5.52 Å². The van der Waals surface area contributed by atoms with Gasteiger partial charge in [0.25, 0.3) is 0 Å². The molecule has 0 radical (unpaired) electrons. The molecule has 17 heavy (non-hydrogen) atoms. The van der Waals surface area contributed by atoms with E-state index in [9.17, 15) is 0 Å². The van der Waals surface area contributed by atoms with Crippen LogP contribution in [-0.4, -0.2) is 23.1 Å². The van der Waals surface area contributed by atoms with Crippen molar-refractivity contribution in [1.82, 2.24) is 15.3 Å². The Balaban J connectivity index is 1.88. The molecule has 0 aliphatic carbocycles. The van der Waals surface area contributed by atoms with Gasteiger partial charge in [-0.05, 0) is 43.6 Å². The molecule has 3 rings (SSSR count). The number of hydrogen-bond acceptors (Lipinski definition) is 3. The van der Waals surface area contributed by atoms with Crippen LogP contribution in [0.15, 0.2) is 28.9 Å². The van der Waals surface area contributed by atoms with E-state index in [-0.39, 0.29) is 0 Å². The summed E-state index contributed by atoms with van der Waals surface area (Å²) in [5, 5.41) is 4.47. The van der Waals surface area contributed by atoms with E-state index in [1.807, 2.05) is 18.3 Å². The van der Waals surface area contributed by atoms with Gasteiger partial charge >= 0.3 is 0 Å². The molecule has 0 amide bonds. The van der Waals surface area contributed by atoms with Crippen molar-refractivity contribution in [1.29, 1.82) is 0 Å². The van der Waals surface area contributed by atoms with Gasteiger partial charge < -0.3 is 5.32 Å². The number of benzene rings is 1. The number of rotatable bonds is 2. The Hall–Kier alpha value is -1.00. The van der Waals surface area contributed by atoms with Gasteiger partial charge in [-0.25, -0.2) is 9.97 Å². The van der Waals surface area contributed by atoms with E-state index in [1.165, 1.54) is 6.42 Å².